The number of anilines is 1. The maximum Gasteiger partial charge on any atom is 0.325 e. The molecule has 144 valence electrons. The first-order chi connectivity index (χ1) is 13.6. The average molecular weight is 398 g/mol. The molecule has 2 aromatic carbocycles. The second-order valence-corrected chi connectivity index (χ2v) is 7.17. The van der Waals surface area contributed by atoms with Crippen LogP contribution in [0.5, 0.6) is 11.5 Å². The van der Waals surface area contributed by atoms with E-state index in [2.05, 4.69) is 15.6 Å². The number of para-hydroxylation sites is 2. The first-order valence-corrected chi connectivity index (χ1v) is 9.63. The number of aromatic nitrogens is 2. The molecule has 0 bridgehead atoms. The number of rotatable bonds is 5. The molecule has 0 aliphatic carbocycles. The highest BCUT2D eigenvalue weighted by Crippen LogP contribution is 2.34. The predicted octanol–water partition coefficient (Wildman–Crippen LogP) is 3.13. The molecule has 2 N–H and O–H groups in total. The van der Waals surface area contributed by atoms with Crippen LogP contribution in [0.4, 0.5) is 10.5 Å². The zero-order valence-corrected chi connectivity index (χ0v) is 15.9. The number of benzene rings is 2. The highest BCUT2D eigenvalue weighted by atomic mass is 32.2. The molecule has 2 heterocycles. The quantitative estimate of drug-likeness (QED) is 0.641. The summed E-state index contributed by atoms with van der Waals surface area (Å²) in [6.07, 6.45) is 0.197. The van der Waals surface area contributed by atoms with Gasteiger partial charge in [-0.25, -0.2) is 9.78 Å². The smallest absolute Gasteiger partial charge is 0.325 e. The van der Waals surface area contributed by atoms with Gasteiger partial charge in [0.2, 0.25) is 12.7 Å². The molecule has 0 atom stereocenters. The summed E-state index contributed by atoms with van der Waals surface area (Å²) in [7, 11) is 1.94. The largest absolute Gasteiger partial charge is 0.454 e. The first-order valence-electron chi connectivity index (χ1n) is 8.65. The van der Waals surface area contributed by atoms with Crippen LogP contribution in [0.2, 0.25) is 0 Å². The Morgan fingerprint density at radius 1 is 1.18 bits per heavy atom. The van der Waals surface area contributed by atoms with E-state index in [9.17, 15) is 9.59 Å². The Labute approximate surface area is 165 Å². The minimum absolute atomic E-state index is 0.159. The molecule has 3 amide bonds. The Morgan fingerprint density at radius 2 is 2.00 bits per heavy atom. The molecule has 1 aliphatic heterocycles. The van der Waals surface area contributed by atoms with Crippen molar-refractivity contribution in [3.63, 3.8) is 0 Å². The van der Waals surface area contributed by atoms with Gasteiger partial charge in [0.1, 0.15) is 0 Å². The molecule has 1 aliphatic rings. The average Bonchev–Trinajstić information content (AvgIpc) is 3.26. The normalized spacial score (nSPS) is 12.2. The molecular formula is C19H18N4O4S. The van der Waals surface area contributed by atoms with E-state index in [1.807, 2.05) is 35.9 Å². The van der Waals surface area contributed by atoms with E-state index in [4.69, 9.17) is 9.47 Å². The van der Waals surface area contributed by atoms with Crippen molar-refractivity contribution in [1.82, 2.24) is 14.9 Å². The SMILES string of the molecule is Cn1c(SCCC(=O)NC(=O)Nc2ccc3c(c2)OCO3)nc2ccccc21. The lowest BCUT2D eigenvalue weighted by Gasteiger charge is -2.07. The summed E-state index contributed by atoms with van der Waals surface area (Å²) in [5.74, 6) is 1.34. The van der Waals surface area contributed by atoms with Crippen LogP contribution in [0.1, 0.15) is 6.42 Å². The fraction of sp³-hybridized carbons (Fsp3) is 0.211. The Bertz CT molecular complexity index is 1050. The Kier molecular flexibility index (Phi) is 5.07. The van der Waals surface area contributed by atoms with Crippen molar-refractivity contribution in [2.24, 2.45) is 7.05 Å². The van der Waals surface area contributed by atoms with Crippen LogP contribution in [-0.2, 0) is 11.8 Å². The molecule has 0 saturated carbocycles. The van der Waals surface area contributed by atoms with Crippen molar-refractivity contribution in [2.45, 2.75) is 11.6 Å². The van der Waals surface area contributed by atoms with Crippen LogP contribution in [0, 0.1) is 0 Å². The molecule has 0 saturated heterocycles. The standard InChI is InChI=1S/C19H18N4O4S/c1-23-14-5-3-2-4-13(14)21-19(23)28-9-8-17(24)22-18(25)20-12-6-7-15-16(10-12)27-11-26-15/h2-7,10H,8-9,11H2,1H3,(H2,20,22,24,25). The van der Waals surface area contributed by atoms with Gasteiger partial charge in [-0.15, -0.1) is 0 Å². The van der Waals surface area contributed by atoms with Gasteiger partial charge in [0.15, 0.2) is 16.7 Å². The summed E-state index contributed by atoms with van der Waals surface area (Å²) < 4.78 is 12.5. The van der Waals surface area contributed by atoms with Gasteiger partial charge < -0.3 is 19.4 Å². The summed E-state index contributed by atoms with van der Waals surface area (Å²) in [5, 5.41) is 5.76. The number of nitrogens with one attached hydrogen (secondary N) is 2. The van der Waals surface area contributed by atoms with E-state index in [0.29, 0.717) is 22.9 Å². The Hall–Kier alpha value is -3.20. The number of urea groups is 1. The zero-order valence-electron chi connectivity index (χ0n) is 15.1. The summed E-state index contributed by atoms with van der Waals surface area (Å²) >= 11 is 1.47. The van der Waals surface area contributed by atoms with Crippen molar-refractivity contribution in [2.75, 3.05) is 17.9 Å². The fourth-order valence-corrected chi connectivity index (χ4v) is 3.74. The summed E-state index contributed by atoms with van der Waals surface area (Å²) in [4.78, 5) is 28.6. The number of carbonyl (C=O) groups excluding carboxylic acids is 2. The lowest BCUT2D eigenvalue weighted by atomic mass is 10.3. The van der Waals surface area contributed by atoms with Crippen molar-refractivity contribution >= 4 is 40.4 Å². The second-order valence-electron chi connectivity index (χ2n) is 6.11. The molecular weight excluding hydrogens is 380 g/mol. The van der Waals surface area contributed by atoms with Crippen LogP contribution in [0.3, 0.4) is 0 Å². The number of nitrogens with zero attached hydrogens (tertiary/aromatic N) is 2. The van der Waals surface area contributed by atoms with Crippen molar-refractivity contribution in [3.05, 3.63) is 42.5 Å². The molecule has 0 spiro atoms. The fourth-order valence-electron chi connectivity index (χ4n) is 2.81. The topological polar surface area (TPSA) is 94.5 Å². The predicted molar refractivity (Wildman–Crippen MR) is 106 cm³/mol. The van der Waals surface area contributed by atoms with E-state index >= 15 is 0 Å². The zero-order chi connectivity index (χ0) is 19.5. The van der Waals surface area contributed by atoms with Gasteiger partial charge in [0.25, 0.3) is 0 Å². The van der Waals surface area contributed by atoms with Crippen molar-refractivity contribution in [1.29, 1.82) is 0 Å². The van der Waals surface area contributed by atoms with Crippen LogP contribution in [0.25, 0.3) is 11.0 Å². The third-order valence-corrected chi connectivity index (χ3v) is 5.22. The number of imide groups is 1. The minimum Gasteiger partial charge on any atom is -0.454 e. The van der Waals surface area contributed by atoms with Gasteiger partial charge in [-0.1, -0.05) is 23.9 Å². The molecule has 0 radical (unpaired) electrons. The molecule has 0 unspecified atom stereocenters. The Balaban J connectivity index is 1.26. The molecule has 8 nitrogen and oxygen atoms in total. The Morgan fingerprint density at radius 3 is 2.86 bits per heavy atom. The van der Waals surface area contributed by atoms with Gasteiger partial charge in [-0.2, -0.15) is 0 Å². The number of imidazole rings is 1. The van der Waals surface area contributed by atoms with Gasteiger partial charge in [-0.05, 0) is 24.3 Å². The van der Waals surface area contributed by atoms with Gasteiger partial charge >= 0.3 is 6.03 Å². The number of thioether (sulfide) groups is 1. The maximum absolute atomic E-state index is 12.0. The van der Waals surface area contributed by atoms with E-state index in [1.165, 1.54) is 11.8 Å². The number of amides is 3. The third-order valence-electron chi connectivity index (χ3n) is 4.19. The molecule has 28 heavy (non-hydrogen) atoms. The summed E-state index contributed by atoms with van der Waals surface area (Å²) in [5.41, 5.74) is 2.47. The molecule has 3 aromatic rings. The van der Waals surface area contributed by atoms with E-state index in [1.54, 1.807) is 18.2 Å². The van der Waals surface area contributed by atoms with Gasteiger partial charge in [-0.3, -0.25) is 10.1 Å². The minimum atomic E-state index is -0.586. The number of carbonyl (C=O) groups is 2. The van der Waals surface area contributed by atoms with Gasteiger partial charge in [0.05, 0.1) is 11.0 Å². The maximum atomic E-state index is 12.0. The highest BCUT2D eigenvalue weighted by molar-refractivity contribution is 7.99. The highest BCUT2D eigenvalue weighted by Gasteiger charge is 2.15. The molecule has 9 heteroatoms. The molecule has 0 fully saturated rings. The number of ether oxygens (including phenoxy) is 2. The monoisotopic (exact) mass is 398 g/mol. The van der Waals surface area contributed by atoms with Crippen LogP contribution < -0.4 is 20.1 Å². The lowest BCUT2D eigenvalue weighted by Crippen LogP contribution is -2.34. The number of hydrogen-bond acceptors (Lipinski definition) is 6. The molecule has 1 aromatic heterocycles. The van der Waals surface area contributed by atoms with E-state index in [0.717, 1.165) is 16.2 Å². The van der Waals surface area contributed by atoms with Crippen molar-refractivity contribution in [3.8, 4) is 11.5 Å². The van der Waals surface area contributed by atoms with E-state index < -0.39 is 6.03 Å². The van der Waals surface area contributed by atoms with Crippen LogP contribution in [-0.4, -0.2) is 34.0 Å². The first kappa shape index (κ1) is 18.2. The second kappa shape index (κ2) is 7.81. The third kappa shape index (κ3) is 3.89. The number of fused-ring (bicyclic) bond motifs is 2. The number of hydrogen-bond donors (Lipinski definition) is 2. The van der Waals surface area contributed by atoms with Crippen LogP contribution in [0.15, 0.2) is 47.6 Å². The number of aryl methyl sites for hydroxylation is 1. The summed E-state index contributed by atoms with van der Waals surface area (Å²) in [6.45, 7) is 0.159. The van der Waals surface area contributed by atoms with Crippen LogP contribution >= 0.6 is 11.8 Å². The van der Waals surface area contributed by atoms with Gasteiger partial charge in [0, 0.05) is 31.0 Å². The summed E-state index contributed by atoms with van der Waals surface area (Å²) in [6, 6.07) is 12.3. The lowest BCUT2D eigenvalue weighted by molar-refractivity contribution is -0.119. The van der Waals surface area contributed by atoms with E-state index in [-0.39, 0.29) is 19.1 Å². The molecule has 4 rings (SSSR count). The van der Waals surface area contributed by atoms with Crippen molar-refractivity contribution < 1.29 is 19.1 Å².